The molecule has 0 unspecified atom stereocenters. The zero-order valence-corrected chi connectivity index (χ0v) is 16.7. The molecular formula is C19H26N8O2. The molecule has 0 aliphatic carbocycles. The summed E-state index contributed by atoms with van der Waals surface area (Å²) in [5.74, 6) is 0.805. The number of hydrogen-bond donors (Lipinski definition) is 3. The first-order valence-electron chi connectivity index (χ1n) is 9.74. The fourth-order valence-corrected chi connectivity index (χ4v) is 3.80. The van der Waals surface area contributed by atoms with E-state index in [1.807, 2.05) is 31.0 Å². The molecule has 1 aliphatic heterocycles. The Kier molecular flexibility index (Phi) is 6.74. The smallest absolute Gasteiger partial charge is 0.341 e. The van der Waals surface area contributed by atoms with Gasteiger partial charge in [0.2, 0.25) is 0 Å². The number of carbonyl (C=O) groups excluding carboxylic acids is 2. The van der Waals surface area contributed by atoms with E-state index >= 15 is 0 Å². The number of likely N-dealkylation sites (N-methyl/N-ethyl adjacent to an activating group) is 1. The highest BCUT2D eigenvalue weighted by atomic mass is 16.2. The Morgan fingerprint density at radius 1 is 1.45 bits per heavy atom. The average Bonchev–Trinajstić information content (AvgIpc) is 3.16. The summed E-state index contributed by atoms with van der Waals surface area (Å²) in [7, 11) is 1.94. The molecule has 0 aromatic carbocycles. The molecule has 3 N–H and O–H groups in total. The van der Waals surface area contributed by atoms with E-state index in [2.05, 4.69) is 26.1 Å². The van der Waals surface area contributed by atoms with Gasteiger partial charge in [-0.3, -0.25) is 14.8 Å². The number of nitriles is 1. The number of amides is 1. The summed E-state index contributed by atoms with van der Waals surface area (Å²) in [6.07, 6.45) is 4.28. The van der Waals surface area contributed by atoms with Crippen LogP contribution in [0.25, 0.3) is 11.0 Å². The van der Waals surface area contributed by atoms with E-state index in [9.17, 15) is 9.59 Å². The number of rotatable bonds is 7. The number of Topliss-reactive ketones (excluding diaryl/α,β-unsaturated/α-hetero) is 1. The zero-order chi connectivity index (χ0) is 20.8. The molecule has 0 bridgehead atoms. The van der Waals surface area contributed by atoms with Crippen molar-refractivity contribution in [3.8, 4) is 6.07 Å². The number of nitrogens with one attached hydrogen (secondary N) is 3. The Labute approximate surface area is 169 Å². The number of piperidine rings is 1. The van der Waals surface area contributed by atoms with Crippen molar-refractivity contribution in [1.82, 2.24) is 30.7 Å². The highest BCUT2D eigenvalue weighted by Crippen LogP contribution is 2.29. The van der Waals surface area contributed by atoms with Crippen LogP contribution in [0, 0.1) is 17.2 Å². The molecule has 1 fully saturated rings. The maximum Gasteiger partial charge on any atom is 0.341 e. The Balaban J connectivity index is 1.87. The van der Waals surface area contributed by atoms with E-state index < -0.39 is 0 Å². The molecule has 3 rings (SSSR count). The zero-order valence-electron chi connectivity index (χ0n) is 16.7. The van der Waals surface area contributed by atoms with Gasteiger partial charge in [-0.15, -0.1) is 0 Å². The summed E-state index contributed by atoms with van der Waals surface area (Å²) in [4.78, 5) is 35.2. The second-order valence-corrected chi connectivity index (χ2v) is 7.09. The van der Waals surface area contributed by atoms with Crippen LogP contribution in [0.4, 0.5) is 10.6 Å². The number of hydrogen-bond acceptors (Lipinski definition) is 8. The van der Waals surface area contributed by atoms with E-state index in [0.29, 0.717) is 31.0 Å². The van der Waals surface area contributed by atoms with Gasteiger partial charge in [0.25, 0.3) is 0 Å². The third-order valence-corrected chi connectivity index (χ3v) is 5.24. The van der Waals surface area contributed by atoms with E-state index in [1.165, 1.54) is 10.9 Å². The van der Waals surface area contributed by atoms with Crippen LogP contribution in [0.3, 0.4) is 0 Å². The van der Waals surface area contributed by atoms with Crippen molar-refractivity contribution in [2.75, 3.05) is 31.6 Å². The molecule has 2 atom stereocenters. The van der Waals surface area contributed by atoms with Crippen molar-refractivity contribution >= 4 is 28.7 Å². The second-order valence-electron chi connectivity index (χ2n) is 7.09. The van der Waals surface area contributed by atoms with Crippen LogP contribution in [0.1, 0.15) is 26.2 Å². The van der Waals surface area contributed by atoms with Gasteiger partial charge < -0.3 is 10.2 Å². The lowest BCUT2D eigenvalue weighted by molar-refractivity contribution is -0.119. The van der Waals surface area contributed by atoms with Crippen molar-refractivity contribution in [2.45, 2.75) is 32.2 Å². The number of hydrazine groups is 1. The maximum absolute atomic E-state index is 12.3. The van der Waals surface area contributed by atoms with Crippen LogP contribution >= 0.6 is 0 Å². The fourth-order valence-electron chi connectivity index (χ4n) is 3.80. The van der Waals surface area contributed by atoms with Crippen molar-refractivity contribution in [1.29, 1.82) is 5.26 Å². The lowest BCUT2D eigenvalue weighted by Crippen LogP contribution is -2.50. The van der Waals surface area contributed by atoms with Crippen LogP contribution < -0.4 is 21.1 Å². The fraction of sp³-hybridized carbons (Fsp3) is 0.526. The lowest BCUT2D eigenvalue weighted by atomic mass is 9.86. The Bertz CT molecular complexity index is 919. The Morgan fingerprint density at radius 3 is 3.03 bits per heavy atom. The van der Waals surface area contributed by atoms with Gasteiger partial charge in [-0.25, -0.2) is 20.2 Å². The first-order valence-corrected chi connectivity index (χ1v) is 9.74. The summed E-state index contributed by atoms with van der Waals surface area (Å²) in [6, 6.07) is 3.48. The average molecular weight is 398 g/mol. The van der Waals surface area contributed by atoms with Crippen LogP contribution in [-0.4, -0.2) is 59.1 Å². The molecule has 2 aromatic rings. The van der Waals surface area contributed by atoms with Crippen LogP contribution in [0.2, 0.25) is 0 Å². The Morgan fingerprint density at radius 2 is 2.28 bits per heavy atom. The summed E-state index contributed by atoms with van der Waals surface area (Å²) < 4.78 is 1.43. The second kappa shape index (κ2) is 9.45. The van der Waals surface area contributed by atoms with Gasteiger partial charge in [0, 0.05) is 38.8 Å². The van der Waals surface area contributed by atoms with Gasteiger partial charge in [0.1, 0.15) is 17.9 Å². The minimum absolute atomic E-state index is 0.0307. The van der Waals surface area contributed by atoms with Crippen molar-refractivity contribution in [2.24, 2.45) is 5.92 Å². The minimum Gasteiger partial charge on any atom is -0.354 e. The number of fused-ring (bicyclic) bond motifs is 1. The first-order chi connectivity index (χ1) is 14.1. The molecule has 154 valence electrons. The van der Waals surface area contributed by atoms with Gasteiger partial charge in [-0.05, 0) is 24.9 Å². The number of anilines is 1. The van der Waals surface area contributed by atoms with Gasteiger partial charge in [0.05, 0.1) is 17.9 Å². The highest BCUT2D eigenvalue weighted by Gasteiger charge is 2.31. The van der Waals surface area contributed by atoms with E-state index in [0.717, 1.165) is 18.4 Å². The van der Waals surface area contributed by atoms with Crippen molar-refractivity contribution in [3.63, 3.8) is 0 Å². The van der Waals surface area contributed by atoms with Gasteiger partial charge >= 0.3 is 6.03 Å². The first kappa shape index (κ1) is 20.7. The molecule has 0 spiro atoms. The summed E-state index contributed by atoms with van der Waals surface area (Å²) in [5.41, 5.74) is 5.90. The van der Waals surface area contributed by atoms with Crippen molar-refractivity contribution < 1.29 is 9.59 Å². The molecule has 0 saturated carbocycles. The molecule has 10 heteroatoms. The van der Waals surface area contributed by atoms with Crippen LogP contribution in [-0.2, 0) is 4.79 Å². The van der Waals surface area contributed by atoms with Gasteiger partial charge in [-0.2, -0.15) is 5.26 Å². The lowest BCUT2D eigenvalue weighted by Gasteiger charge is -2.39. The number of ketones is 1. The minimum atomic E-state index is -0.325. The normalized spacial score (nSPS) is 18.9. The number of aromatic nitrogens is 3. The number of carbonyl (C=O) groups is 2. The molecule has 10 nitrogen and oxygen atoms in total. The SMILES string of the molecule is CCNNC(=O)n1ccc2c(N(C)[C@H]3CNCC[C@@H]3CC(=O)CC#N)ncnc21. The summed E-state index contributed by atoms with van der Waals surface area (Å²) in [5, 5.41) is 12.9. The monoisotopic (exact) mass is 398 g/mol. The van der Waals surface area contributed by atoms with E-state index in [1.54, 1.807) is 6.20 Å². The van der Waals surface area contributed by atoms with Gasteiger partial charge in [-0.1, -0.05) is 6.92 Å². The predicted molar refractivity (Wildman–Crippen MR) is 108 cm³/mol. The standard InChI is InChI=1S/C19H26N8O2/c1-3-24-25-19(29)27-9-6-15-17(22-12-23-18(15)27)26(2)16-11-21-8-5-13(16)10-14(28)4-7-20/h6,9,12-13,16,21,24H,3-5,8,10-11H2,1-2H3,(H,25,29)/t13-,16+/m1/s1. The summed E-state index contributed by atoms with van der Waals surface area (Å²) >= 11 is 0. The quantitative estimate of drug-likeness (QED) is 0.584. The highest BCUT2D eigenvalue weighted by molar-refractivity contribution is 5.94. The third-order valence-electron chi connectivity index (χ3n) is 5.24. The van der Waals surface area contributed by atoms with Crippen LogP contribution in [0.5, 0.6) is 0 Å². The molecule has 3 heterocycles. The largest absolute Gasteiger partial charge is 0.354 e. The molecule has 1 saturated heterocycles. The molecule has 0 radical (unpaired) electrons. The molecular weight excluding hydrogens is 372 g/mol. The Hall–Kier alpha value is -3.03. The van der Waals surface area contributed by atoms with Crippen molar-refractivity contribution in [3.05, 3.63) is 18.6 Å². The molecule has 1 aliphatic rings. The predicted octanol–water partition coefficient (Wildman–Crippen LogP) is 0.801. The summed E-state index contributed by atoms with van der Waals surface area (Å²) in [6.45, 7) is 4.05. The van der Waals surface area contributed by atoms with E-state index in [-0.39, 0.29) is 30.2 Å². The number of nitrogens with zero attached hydrogens (tertiary/aromatic N) is 5. The maximum atomic E-state index is 12.3. The van der Waals surface area contributed by atoms with E-state index in [4.69, 9.17) is 5.26 Å². The third kappa shape index (κ3) is 4.52. The topological polar surface area (TPSA) is 128 Å². The molecule has 29 heavy (non-hydrogen) atoms. The molecule has 2 aromatic heterocycles. The van der Waals surface area contributed by atoms with Gasteiger partial charge in [0.15, 0.2) is 5.65 Å². The molecule has 1 amide bonds. The van der Waals surface area contributed by atoms with Crippen LogP contribution in [0.15, 0.2) is 18.6 Å².